The number of phosphoric acid groups is 1. The summed E-state index contributed by atoms with van der Waals surface area (Å²) in [5.41, 5.74) is 0. The average Bonchev–Trinajstić information content (AvgIpc) is 1.96. The summed E-state index contributed by atoms with van der Waals surface area (Å²) < 4.78 is 40.2. The third-order valence-electron chi connectivity index (χ3n) is 1.15. The molecular formula is C6H22N3O8P3. The van der Waals surface area contributed by atoms with Crippen LogP contribution >= 0.6 is 23.0 Å². The van der Waals surface area contributed by atoms with E-state index < -0.39 is 35.3 Å². The average molecular weight is 357 g/mol. The third-order valence-corrected chi connectivity index (χ3v) is 6.16. The zero-order valence-corrected chi connectivity index (χ0v) is 14.3. The first kappa shape index (κ1) is 28.1. The summed E-state index contributed by atoms with van der Waals surface area (Å²) in [4.78, 5) is 32.9. The molecule has 0 aliphatic rings. The molecule has 2 atom stereocenters. The van der Waals surface area contributed by atoms with Crippen LogP contribution in [0.15, 0.2) is 25.3 Å². The van der Waals surface area contributed by atoms with Gasteiger partial charge in [-0.15, -0.1) is 13.2 Å². The van der Waals surface area contributed by atoms with Gasteiger partial charge in [-0.3, -0.25) is 13.2 Å². The second kappa shape index (κ2) is 10.6. The van der Waals surface area contributed by atoms with Gasteiger partial charge in [0.2, 0.25) is 0 Å². The minimum Gasteiger partial charge on any atom is -0.778 e. The predicted molar refractivity (Wildman–Crippen MR) is 73.1 cm³/mol. The van der Waals surface area contributed by atoms with E-state index in [0.29, 0.717) is 0 Å². The first-order chi connectivity index (χ1) is 7.54. The number of quaternary nitrogens is 3. The van der Waals surface area contributed by atoms with E-state index in [1.807, 2.05) is 0 Å². The molecule has 0 amide bonds. The van der Waals surface area contributed by atoms with Gasteiger partial charge < -0.3 is 42.3 Å². The lowest BCUT2D eigenvalue weighted by Crippen LogP contribution is -2.15. The van der Waals surface area contributed by atoms with Crippen molar-refractivity contribution in [2.24, 2.45) is 0 Å². The van der Waals surface area contributed by atoms with E-state index in [-0.39, 0.29) is 18.5 Å². The molecule has 0 aromatic heterocycles. The van der Waals surface area contributed by atoms with E-state index in [4.69, 9.17) is 0 Å². The van der Waals surface area contributed by atoms with E-state index >= 15 is 0 Å². The van der Waals surface area contributed by atoms with Gasteiger partial charge in [0, 0.05) is 12.3 Å². The summed E-state index contributed by atoms with van der Waals surface area (Å²) in [6.07, 6.45) is 0.225. The normalized spacial score (nSPS) is 18.6. The van der Waals surface area contributed by atoms with Crippen molar-refractivity contribution >= 4 is 23.0 Å². The first-order valence-electron chi connectivity index (χ1n) is 4.09. The van der Waals surface area contributed by atoms with Gasteiger partial charge in [-0.25, -0.2) is 0 Å². The molecule has 0 radical (unpaired) electrons. The Morgan fingerprint density at radius 3 is 1.25 bits per heavy atom. The number of hydrogen-bond acceptors (Lipinski definition) is 8. The molecule has 0 aromatic carbocycles. The lowest BCUT2D eigenvalue weighted by Gasteiger charge is -2.34. The summed E-state index contributed by atoms with van der Waals surface area (Å²) in [5.74, 6) is 0. The van der Waals surface area contributed by atoms with Crippen molar-refractivity contribution in [2.75, 3.05) is 12.3 Å². The van der Waals surface area contributed by atoms with Crippen molar-refractivity contribution in [1.82, 2.24) is 18.5 Å². The minimum absolute atomic E-state index is 0. The fourth-order valence-corrected chi connectivity index (χ4v) is 4.69. The Bertz CT molecular complexity index is 405. The molecule has 0 aliphatic heterocycles. The molecule has 0 saturated heterocycles. The van der Waals surface area contributed by atoms with Crippen molar-refractivity contribution in [3.8, 4) is 0 Å². The summed E-state index contributed by atoms with van der Waals surface area (Å²) in [5, 5.41) is 0. The highest BCUT2D eigenvalue weighted by Gasteiger charge is 2.22. The smallest absolute Gasteiger partial charge is 0.277 e. The maximum absolute atomic E-state index is 11.0. The summed E-state index contributed by atoms with van der Waals surface area (Å²) in [7, 11) is -15.0. The Hall–Kier alpha value is -0.150. The van der Waals surface area contributed by atoms with Gasteiger partial charge >= 0.3 is 0 Å². The van der Waals surface area contributed by atoms with Crippen LogP contribution in [0.2, 0.25) is 0 Å². The molecule has 2 unspecified atom stereocenters. The molecule has 0 saturated carbocycles. The largest absolute Gasteiger partial charge is 0.778 e. The van der Waals surface area contributed by atoms with Gasteiger partial charge in [-0.2, -0.15) is 0 Å². The van der Waals surface area contributed by atoms with E-state index in [1.54, 1.807) is 0 Å². The van der Waals surface area contributed by atoms with Crippen LogP contribution < -0.4 is 33.1 Å². The molecule has 0 bridgehead atoms. The van der Waals surface area contributed by atoms with E-state index in [9.17, 15) is 28.4 Å². The van der Waals surface area contributed by atoms with Crippen LogP contribution in [-0.2, 0) is 22.3 Å². The summed E-state index contributed by atoms with van der Waals surface area (Å²) in [6, 6.07) is 0. The Morgan fingerprint density at radius 1 is 0.800 bits per heavy atom. The topological polar surface area (TPSA) is 248 Å². The first-order valence-corrected chi connectivity index (χ1v) is 9.01. The second-order valence-electron chi connectivity index (χ2n) is 2.77. The van der Waals surface area contributed by atoms with Crippen LogP contribution in [0.4, 0.5) is 0 Å². The number of allylic oxidation sites excluding steroid dienone is 2. The van der Waals surface area contributed by atoms with Crippen LogP contribution in [0.5, 0.6) is 0 Å². The highest BCUT2D eigenvalue weighted by molar-refractivity contribution is 7.68. The monoisotopic (exact) mass is 357 g/mol. The zero-order chi connectivity index (χ0) is 13.7. The molecule has 20 heavy (non-hydrogen) atoms. The van der Waals surface area contributed by atoms with Crippen LogP contribution in [0, 0.1) is 0 Å². The molecule has 124 valence electrons. The van der Waals surface area contributed by atoms with Crippen molar-refractivity contribution in [1.29, 1.82) is 0 Å². The molecule has 11 nitrogen and oxygen atoms in total. The SMILES string of the molecule is C=CCP(=O)([O-])OP(=O)([O-])OP(=O)([O-])CC=C.[NH4+].[NH4+].[NH4+]. The fraction of sp³-hybridized carbons (Fsp3) is 0.333. The Morgan fingerprint density at radius 2 is 1.05 bits per heavy atom. The molecule has 12 N–H and O–H groups in total. The molecular weight excluding hydrogens is 335 g/mol. The lowest BCUT2D eigenvalue weighted by molar-refractivity contribution is -0.234. The number of rotatable bonds is 8. The number of hydrogen-bond donors (Lipinski definition) is 3. The van der Waals surface area contributed by atoms with E-state index in [1.165, 1.54) is 0 Å². The van der Waals surface area contributed by atoms with Crippen molar-refractivity contribution in [3.63, 3.8) is 0 Å². The highest BCUT2D eigenvalue weighted by Crippen LogP contribution is 2.62. The molecule has 0 aliphatic carbocycles. The molecule has 14 heteroatoms. The van der Waals surface area contributed by atoms with E-state index in [0.717, 1.165) is 12.2 Å². The van der Waals surface area contributed by atoms with Gasteiger partial charge in [0.15, 0.2) is 0 Å². The fourth-order valence-electron chi connectivity index (χ4n) is 0.703. The van der Waals surface area contributed by atoms with E-state index in [2.05, 4.69) is 21.8 Å². The quantitative estimate of drug-likeness (QED) is 0.417. The molecule has 0 heterocycles. The second-order valence-corrected chi connectivity index (χ2v) is 8.15. The molecule has 0 aromatic rings. The standard InChI is InChI=1S/C6H13O8P3.3H3N/c1-3-5-15(7,8)13-17(11,12)14-16(9,10)6-4-2;;;/h3-4H,1-2,5-6H2,(H,7,8)(H,9,10)(H,11,12);3*1H3. The Balaban J connectivity index is -0.000000427. The molecule has 0 rings (SSSR count). The van der Waals surface area contributed by atoms with Gasteiger partial charge in [-0.05, 0) is 0 Å². The predicted octanol–water partition coefficient (Wildman–Crippen LogP) is 1.10. The van der Waals surface area contributed by atoms with Crippen LogP contribution in [0.25, 0.3) is 0 Å². The third kappa shape index (κ3) is 12.9. The van der Waals surface area contributed by atoms with Crippen molar-refractivity contribution < 1.29 is 37.0 Å². The zero-order valence-electron chi connectivity index (χ0n) is 11.6. The minimum atomic E-state index is -5.49. The highest BCUT2D eigenvalue weighted by atomic mass is 31.3. The van der Waals surface area contributed by atoms with Crippen LogP contribution in [-0.4, -0.2) is 12.3 Å². The molecule has 0 spiro atoms. The van der Waals surface area contributed by atoms with Crippen molar-refractivity contribution in [2.45, 2.75) is 0 Å². The maximum atomic E-state index is 11.0. The van der Waals surface area contributed by atoms with Gasteiger partial charge in [0.1, 0.15) is 15.2 Å². The van der Waals surface area contributed by atoms with Gasteiger partial charge in [-0.1, -0.05) is 12.2 Å². The van der Waals surface area contributed by atoms with Gasteiger partial charge in [0.05, 0.1) is 0 Å². The van der Waals surface area contributed by atoms with Crippen LogP contribution in [0.1, 0.15) is 0 Å². The Labute approximate surface area is 117 Å². The van der Waals surface area contributed by atoms with Crippen LogP contribution in [0.3, 0.4) is 0 Å². The lowest BCUT2D eigenvalue weighted by atomic mass is 10.8. The summed E-state index contributed by atoms with van der Waals surface area (Å²) in [6.45, 7) is 6.13. The maximum Gasteiger partial charge on any atom is 0.277 e. The van der Waals surface area contributed by atoms with Crippen molar-refractivity contribution in [3.05, 3.63) is 25.3 Å². The summed E-state index contributed by atoms with van der Waals surface area (Å²) >= 11 is 0. The van der Waals surface area contributed by atoms with Gasteiger partial charge in [0.25, 0.3) is 7.82 Å². The Kier molecular flexibility index (Phi) is 14.8. The molecule has 0 fully saturated rings.